The monoisotopic (exact) mass is 206 g/mol. The normalized spacial score (nSPS) is 10.1. The fourth-order valence-electron chi connectivity index (χ4n) is 1.08. The molecule has 0 radical (unpaired) electrons. The first-order valence-corrected chi connectivity index (χ1v) is 5.04. The number of hydrogen-bond acceptors (Lipinski definition) is 4. The molecule has 0 aliphatic heterocycles. The third-order valence-corrected chi connectivity index (χ3v) is 2.57. The predicted molar refractivity (Wildman–Crippen MR) is 58.2 cm³/mol. The molecule has 1 heterocycles. The number of anilines is 2. The lowest BCUT2D eigenvalue weighted by Gasteiger charge is -2.01. The van der Waals surface area contributed by atoms with Gasteiger partial charge in [0.2, 0.25) is 0 Å². The first-order valence-electron chi connectivity index (χ1n) is 4.22. The topological polar surface area (TPSA) is 45.2 Å². The van der Waals surface area contributed by atoms with Gasteiger partial charge in [0.05, 0.1) is 0 Å². The van der Waals surface area contributed by atoms with E-state index < -0.39 is 0 Å². The second-order valence-corrected chi connectivity index (χ2v) is 4.18. The second kappa shape index (κ2) is 3.67. The summed E-state index contributed by atoms with van der Waals surface area (Å²) < 4.78 is 0. The molecule has 0 spiro atoms. The Balaban J connectivity index is 2.15. The summed E-state index contributed by atoms with van der Waals surface area (Å²) in [6.45, 7) is 2.01. The average molecular weight is 206 g/mol. The minimum absolute atomic E-state index is 0.269. The van der Waals surface area contributed by atoms with Gasteiger partial charge in [-0.15, -0.1) is 11.3 Å². The molecule has 0 atom stereocenters. The van der Waals surface area contributed by atoms with Crippen molar-refractivity contribution in [1.29, 1.82) is 0 Å². The highest BCUT2D eigenvalue weighted by Gasteiger charge is 1.98. The van der Waals surface area contributed by atoms with Gasteiger partial charge in [-0.2, -0.15) is 0 Å². The van der Waals surface area contributed by atoms with E-state index in [2.05, 4.69) is 10.3 Å². The smallest absolute Gasteiger partial charge is 0.187 e. The van der Waals surface area contributed by atoms with E-state index in [4.69, 9.17) is 5.11 Å². The van der Waals surface area contributed by atoms with Gasteiger partial charge in [0.15, 0.2) is 5.13 Å². The molecule has 0 saturated carbocycles. The lowest BCUT2D eigenvalue weighted by Crippen LogP contribution is -1.87. The second-order valence-electron chi connectivity index (χ2n) is 2.95. The van der Waals surface area contributed by atoms with Crippen LogP contribution in [0.3, 0.4) is 0 Å². The van der Waals surface area contributed by atoms with Crippen LogP contribution in [-0.2, 0) is 0 Å². The number of nitrogens with zero attached hydrogens (tertiary/aromatic N) is 1. The maximum absolute atomic E-state index is 9.09. The number of hydrogen-bond donors (Lipinski definition) is 2. The van der Waals surface area contributed by atoms with Crippen molar-refractivity contribution in [3.8, 4) is 5.75 Å². The lowest BCUT2D eigenvalue weighted by atomic mass is 10.3. The summed E-state index contributed by atoms with van der Waals surface area (Å²) in [7, 11) is 0. The van der Waals surface area contributed by atoms with Crippen LogP contribution in [0.25, 0.3) is 0 Å². The van der Waals surface area contributed by atoms with Crippen LogP contribution in [-0.4, -0.2) is 10.1 Å². The van der Waals surface area contributed by atoms with E-state index in [0.29, 0.717) is 0 Å². The standard InChI is InChI=1S/C10H10N2OS/c1-7-6-11-10(14-7)12-8-2-4-9(13)5-3-8/h2-6,13H,1H3,(H,11,12). The Morgan fingerprint density at radius 3 is 2.57 bits per heavy atom. The predicted octanol–water partition coefficient (Wildman–Crippen LogP) is 2.90. The van der Waals surface area contributed by atoms with Crippen molar-refractivity contribution in [3.63, 3.8) is 0 Å². The molecule has 0 unspecified atom stereocenters. The molecule has 0 fully saturated rings. The van der Waals surface area contributed by atoms with Gasteiger partial charge in [-0.05, 0) is 31.2 Å². The Morgan fingerprint density at radius 1 is 1.29 bits per heavy atom. The van der Waals surface area contributed by atoms with Crippen molar-refractivity contribution in [3.05, 3.63) is 35.3 Å². The highest BCUT2D eigenvalue weighted by Crippen LogP contribution is 2.22. The van der Waals surface area contributed by atoms with Crippen LogP contribution in [0.1, 0.15) is 4.88 Å². The number of aromatic hydroxyl groups is 1. The Hall–Kier alpha value is -1.55. The summed E-state index contributed by atoms with van der Waals surface area (Å²) in [5.74, 6) is 0.269. The van der Waals surface area contributed by atoms with Crippen molar-refractivity contribution in [2.75, 3.05) is 5.32 Å². The third kappa shape index (κ3) is 2.03. The molecule has 1 aromatic carbocycles. The van der Waals surface area contributed by atoms with Crippen LogP contribution in [0.4, 0.5) is 10.8 Å². The number of phenols is 1. The van der Waals surface area contributed by atoms with Gasteiger partial charge in [-0.3, -0.25) is 0 Å². The van der Waals surface area contributed by atoms with Gasteiger partial charge in [0.1, 0.15) is 5.75 Å². The Kier molecular flexibility index (Phi) is 2.37. The first kappa shape index (κ1) is 9.02. The maximum atomic E-state index is 9.09. The molecule has 0 amide bonds. The molecule has 14 heavy (non-hydrogen) atoms. The molecular weight excluding hydrogens is 196 g/mol. The van der Waals surface area contributed by atoms with Crippen LogP contribution in [0, 0.1) is 6.92 Å². The number of thiazole rings is 1. The zero-order valence-corrected chi connectivity index (χ0v) is 8.51. The van der Waals surface area contributed by atoms with E-state index >= 15 is 0 Å². The Morgan fingerprint density at radius 2 is 2.00 bits per heavy atom. The molecule has 4 heteroatoms. The highest BCUT2D eigenvalue weighted by molar-refractivity contribution is 7.15. The summed E-state index contributed by atoms with van der Waals surface area (Å²) in [6, 6.07) is 6.91. The van der Waals surface area contributed by atoms with Gasteiger partial charge in [-0.25, -0.2) is 4.98 Å². The minimum atomic E-state index is 0.269. The zero-order valence-electron chi connectivity index (χ0n) is 7.69. The molecule has 72 valence electrons. The van der Waals surface area contributed by atoms with E-state index in [1.165, 1.54) is 4.88 Å². The molecular formula is C10H10N2OS. The first-order chi connectivity index (χ1) is 6.74. The van der Waals surface area contributed by atoms with Gasteiger partial charge in [0, 0.05) is 16.8 Å². The molecule has 2 rings (SSSR count). The fourth-order valence-corrected chi connectivity index (χ4v) is 1.77. The van der Waals surface area contributed by atoms with Crippen LogP contribution < -0.4 is 5.32 Å². The number of aromatic nitrogens is 1. The summed E-state index contributed by atoms with van der Waals surface area (Å²) in [5, 5.41) is 13.1. The Labute approximate surface area is 86.1 Å². The van der Waals surface area contributed by atoms with Gasteiger partial charge in [-0.1, -0.05) is 0 Å². The van der Waals surface area contributed by atoms with E-state index in [1.807, 2.05) is 25.3 Å². The van der Waals surface area contributed by atoms with Crippen molar-refractivity contribution in [1.82, 2.24) is 4.98 Å². The van der Waals surface area contributed by atoms with Crippen LogP contribution in [0.5, 0.6) is 5.75 Å². The van der Waals surface area contributed by atoms with E-state index in [-0.39, 0.29) is 5.75 Å². The molecule has 2 N–H and O–H groups in total. The summed E-state index contributed by atoms with van der Waals surface area (Å²) in [6.07, 6.45) is 1.83. The maximum Gasteiger partial charge on any atom is 0.187 e. The Bertz CT molecular complexity index is 422. The quantitative estimate of drug-likeness (QED) is 0.742. The largest absolute Gasteiger partial charge is 0.508 e. The molecule has 2 aromatic rings. The number of nitrogens with one attached hydrogen (secondary N) is 1. The molecule has 3 nitrogen and oxygen atoms in total. The highest BCUT2D eigenvalue weighted by atomic mass is 32.1. The van der Waals surface area contributed by atoms with Gasteiger partial charge < -0.3 is 10.4 Å². The van der Waals surface area contributed by atoms with Crippen molar-refractivity contribution in [2.45, 2.75) is 6.92 Å². The zero-order chi connectivity index (χ0) is 9.97. The SMILES string of the molecule is Cc1cnc(Nc2ccc(O)cc2)s1. The summed E-state index contributed by atoms with van der Waals surface area (Å²) >= 11 is 1.60. The lowest BCUT2D eigenvalue weighted by molar-refractivity contribution is 0.475. The van der Waals surface area contributed by atoms with Crippen molar-refractivity contribution in [2.24, 2.45) is 0 Å². The summed E-state index contributed by atoms with van der Waals surface area (Å²) in [4.78, 5) is 5.35. The molecule has 0 saturated heterocycles. The van der Waals surface area contributed by atoms with Crippen LogP contribution >= 0.6 is 11.3 Å². The van der Waals surface area contributed by atoms with E-state index in [1.54, 1.807) is 23.5 Å². The molecule has 1 aromatic heterocycles. The fraction of sp³-hybridized carbons (Fsp3) is 0.100. The number of aryl methyl sites for hydroxylation is 1. The minimum Gasteiger partial charge on any atom is -0.508 e. The van der Waals surface area contributed by atoms with E-state index in [0.717, 1.165) is 10.8 Å². The van der Waals surface area contributed by atoms with Gasteiger partial charge in [0.25, 0.3) is 0 Å². The van der Waals surface area contributed by atoms with Crippen molar-refractivity contribution < 1.29 is 5.11 Å². The van der Waals surface area contributed by atoms with Crippen LogP contribution in [0.2, 0.25) is 0 Å². The number of phenolic OH excluding ortho intramolecular Hbond substituents is 1. The number of rotatable bonds is 2. The number of benzene rings is 1. The molecule has 0 aliphatic rings. The van der Waals surface area contributed by atoms with Crippen molar-refractivity contribution >= 4 is 22.2 Å². The van der Waals surface area contributed by atoms with Gasteiger partial charge >= 0.3 is 0 Å². The summed E-state index contributed by atoms with van der Waals surface area (Å²) in [5.41, 5.74) is 0.928. The molecule has 0 bridgehead atoms. The average Bonchev–Trinajstić information content (AvgIpc) is 2.56. The molecule has 0 aliphatic carbocycles. The van der Waals surface area contributed by atoms with Crippen LogP contribution in [0.15, 0.2) is 30.5 Å². The van der Waals surface area contributed by atoms with E-state index in [9.17, 15) is 0 Å². The third-order valence-electron chi connectivity index (χ3n) is 1.74.